The van der Waals surface area contributed by atoms with Crippen LogP contribution in [0.4, 0.5) is 11.5 Å². The number of hydrogen-bond donors (Lipinski definition) is 0. The molecule has 1 aromatic carbocycles. The van der Waals surface area contributed by atoms with Crippen molar-refractivity contribution in [2.75, 3.05) is 32.6 Å². The highest BCUT2D eigenvalue weighted by Crippen LogP contribution is 2.36. The SMILES string of the molecule is CN(C)N=Cc1cc(Cl)ccc1Oc1ncnc(N(C)CC(=O)OC(C)(C)C)c1[N+](=O)[O-]. The van der Waals surface area contributed by atoms with Crippen molar-refractivity contribution < 1.29 is 19.2 Å². The molecule has 0 aliphatic carbocycles. The second-order valence-electron chi connectivity index (χ2n) is 7.93. The van der Waals surface area contributed by atoms with Crippen molar-refractivity contribution >= 4 is 35.3 Å². The fraction of sp³-hybridized carbons (Fsp3) is 0.400. The van der Waals surface area contributed by atoms with Crippen molar-refractivity contribution in [3.8, 4) is 11.6 Å². The number of carbonyl (C=O) groups is 1. The minimum Gasteiger partial charge on any atom is -0.459 e. The maximum Gasteiger partial charge on any atom is 0.373 e. The number of likely N-dealkylation sites (N-methyl/N-ethyl adjacent to an activating group) is 1. The van der Waals surface area contributed by atoms with Crippen molar-refractivity contribution in [1.29, 1.82) is 0 Å². The molecule has 2 aromatic rings. The third kappa shape index (κ3) is 7.05. The zero-order valence-corrected chi connectivity index (χ0v) is 19.5. The fourth-order valence-corrected chi connectivity index (χ4v) is 2.69. The van der Waals surface area contributed by atoms with Crippen LogP contribution < -0.4 is 9.64 Å². The van der Waals surface area contributed by atoms with Crippen molar-refractivity contribution in [2.24, 2.45) is 5.10 Å². The van der Waals surface area contributed by atoms with E-state index in [1.165, 1.54) is 18.2 Å². The molecule has 0 unspecified atom stereocenters. The quantitative estimate of drug-likeness (QED) is 0.250. The predicted molar refractivity (Wildman–Crippen MR) is 121 cm³/mol. The monoisotopic (exact) mass is 464 g/mol. The molecule has 0 saturated carbocycles. The maximum absolute atomic E-state index is 12.2. The zero-order valence-electron chi connectivity index (χ0n) is 18.7. The molecule has 0 aliphatic heterocycles. The minimum atomic E-state index is -0.692. The third-order valence-corrected chi connectivity index (χ3v) is 3.94. The van der Waals surface area contributed by atoms with E-state index in [1.54, 1.807) is 58.1 Å². The van der Waals surface area contributed by atoms with Gasteiger partial charge in [0.2, 0.25) is 5.82 Å². The first-order valence-corrected chi connectivity index (χ1v) is 9.86. The summed E-state index contributed by atoms with van der Waals surface area (Å²) in [6.07, 6.45) is 2.62. The van der Waals surface area contributed by atoms with E-state index in [0.29, 0.717) is 10.6 Å². The van der Waals surface area contributed by atoms with Gasteiger partial charge in [0.05, 0.1) is 11.1 Å². The number of rotatable bonds is 8. The molecule has 1 heterocycles. The second-order valence-corrected chi connectivity index (χ2v) is 8.36. The van der Waals surface area contributed by atoms with Crippen molar-refractivity contribution in [3.63, 3.8) is 0 Å². The second kappa shape index (κ2) is 10.2. The van der Waals surface area contributed by atoms with Crippen LogP contribution in [0.5, 0.6) is 11.6 Å². The Hall–Kier alpha value is -3.47. The zero-order chi connectivity index (χ0) is 24.1. The number of hydrazone groups is 1. The summed E-state index contributed by atoms with van der Waals surface area (Å²) in [5.74, 6) is -0.695. The molecule has 0 saturated heterocycles. The van der Waals surface area contributed by atoms with Gasteiger partial charge in [-0.15, -0.1) is 0 Å². The van der Waals surface area contributed by atoms with Gasteiger partial charge in [0.25, 0.3) is 0 Å². The van der Waals surface area contributed by atoms with Gasteiger partial charge < -0.3 is 19.4 Å². The molecule has 0 atom stereocenters. The minimum absolute atomic E-state index is 0.0941. The lowest BCUT2D eigenvalue weighted by Gasteiger charge is -2.23. The highest BCUT2D eigenvalue weighted by atomic mass is 35.5. The summed E-state index contributed by atoms with van der Waals surface area (Å²) in [5, 5.41) is 18.0. The summed E-state index contributed by atoms with van der Waals surface area (Å²) in [6.45, 7) is 4.93. The normalized spacial score (nSPS) is 11.3. The first-order chi connectivity index (χ1) is 14.9. The Bertz CT molecular complexity index is 1020. The first kappa shape index (κ1) is 24.8. The van der Waals surface area contributed by atoms with Crippen LogP contribution in [-0.4, -0.2) is 65.4 Å². The van der Waals surface area contributed by atoms with E-state index in [4.69, 9.17) is 21.1 Å². The molecule has 0 amide bonds. The van der Waals surface area contributed by atoms with Gasteiger partial charge in [-0.25, -0.2) is 4.98 Å². The molecular formula is C20H25ClN6O5. The van der Waals surface area contributed by atoms with Crippen LogP contribution in [0.2, 0.25) is 5.02 Å². The number of nitro groups is 1. The molecule has 0 aliphatic rings. The molecule has 2 rings (SSSR count). The standard InChI is InChI=1S/C20H25ClN6O5/c1-20(2,3)32-16(28)11-26(6)18-17(27(29)30)19(23-12-22-18)31-15-8-7-14(21)9-13(15)10-24-25(4)5/h7-10,12H,11H2,1-6H3. The largest absolute Gasteiger partial charge is 0.459 e. The van der Waals surface area contributed by atoms with Crippen LogP contribution in [-0.2, 0) is 9.53 Å². The Balaban J connectivity index is 2.41. The maximum atomic E-state index is 12.2. The molecule has 0 bridgehead atoms. The molecule has 172 valence electrons. The number of halogens is 1. The molecule has 0 spiro atoms. The Morgan fingerprint density at radius 1 is 1.28 bits per heavy atom. The first-order valence-electron chi connectivity index (χ1n) is 9.48. The summed E-state index contributed by atoms with van der Waals surface area (Å²) in [5.41, 5.74) is -0.699. The van der Waals surface area contributed by atoms with Gasteiger partial charge in [-0.3, -0.25) is 14.9 Å². The van der Waals surface area contributed by atoms with E-state index < -0.39 is 22.2 Å². The predicted octanol–water partition coefficient (Wildman–Crippen LogP) is 3.50. The van der Waals surface area contributed by atoms with E-state index in [9.17, 15) is 14.9 Å². The van der Waals surface area contributed by atoms with Crippen LogP contribution in [0.25, 0.3) is 0 Å². The summed E-state index contributed by atoms with van der Waals surface area (Å²) in [7, 11) is 4.97. The molecule has 0 N–H and O–H groups in total. The number of esters is 1. The van der Waals surface area contributed by atoms with Gasteiger partial charge in [-0.2, -0.15) is 10.1 Å². The topological polar surface area (TPSA) is 123 Å². The van der Waals surface area contributed by atoms with E-state index in [0.717, 1.165) is 6.33 Å². The van der Waals surface area contributed by atoms with E-state index in [2.05, 4.69) is 15.1 Å². The van der Waals surface area contributed by atoms with Gasteiger partial charge in [0.15, 0.2) is 0 Å². The number of nitrogens with zero attached hydrogens (tertiary/aromatic N) is 6. The van der Waals surface area contributed by atoms with E-state index in [-0.39, 0.29) is 24.0 Å². The Morgan fingerprint density at radius 3 is 2.56 bits per heavy atom. The Kier molecular flexibility index (Phi) is 7.92. The summed E-state index contributed by atoms with van der Waals surface area (Å²) in [4.78, 5) is 32.6. The van der Waals surface area contributed by atoms with Gasteiger partial charge >= 0.3 is 17.5 Å². The molecule has 11 nitrogen and oxygen atoms in total. The lowest BCUT2D eigenvalue weighted by atomic mass is 10.2. The molecular weight excluding hydrogens is 440 g/mol. The molecule has 0 fully saturated rings. The molecule has 1 aromatic heterocycles. The highest BCUT2D eigenvalue weighted by Gasteiger charge is 2.29. The Labute approximate surface area is 190 Å². The van der Waals surface area contributed by atoms with Crippen LogP contribution in [0.1, 0.15) is 26.3 Å². The lowest BCUT2D eigenvalue weighted by Crippen LogP contribution is -2.33. The molecule has 32 heavy (non-hydrogen) atoms. The average molecular weight is 465 g/mol. The number of benzene rings is 1. The van der Waals surface area contributed by atoms with Crippen LogP contribution >= 0.6 is 11.6 Å². The third-order valence-electron chi connectivity index (χ3n) is 3.71. The highest BCUT2D eigenvalue weighted by molar-refractivity contribution is 6.30. The number of anilines is 1. The van der Waals surface area contributed by atoms with E-state index in [1.807, 2.05) is 0 Å². The van der Waals surface area contributed by atoms with Gasteiger partial charge in [0.1, 0.15) is 24.2 Å². The van der Waals surface area contributed by atoms with Gasteiger partial charge in [0, 0.05) is 31.7 Å². The van der Waals surface area contributed by atoms with Crippen molar-refractivity contribution in [1.82, 2.24) is 15.0 Å². The number of hydrogen-bond acceptors (Lipinski definition) is 10. The average Bonchev–Trinajstić information content (AvgIpc) is 2.66. The lowest BCUT2D eigenvalue weighted by molar-refractivity contribution is -0.385. The molecule has 12 heteroatoms. The Morgan fingerprint density at radius 2 is 1.97 bits per heavy atom. The number of ether oxygens (including phenoxy) is 2. The van der Waals surface area contributed by atoms with Crippen LogP contribution in [0.3, 0.4) is 0 Å². The summed E-state index contributed by atoms with van der Waals surface area (Å²) >= 11 is 6.06. The number of aromatic nitrogens is 2. The molecule has 0 radical (unpaired) electrons. The number of carbonyl (C=O) groups excluding carboxylic acids is 1. The van der Waals surface area contributed by atoms with Crippen LogP contribution in [0, 0.1) is 10.1 Å². The van der Waals surface area contributed by atoms with Crippen LogP contribution in [0.15, 0.2) is 29.6 Å². The summed E-state index contributed by atoms with van der Waals surface area (Å²) in [6, 6.07) is 4.73. The van der Waals surface area contributed by atoms with Crippen molar-refractivity contribution in [3.05, 3.63) is 45.2 Å². The van der Waals surface area contributed by atoms with Gasteiger partial charge in [-0.1, -0.05) is 11.6 Å². The smallest absolute Gasteiger partial charge is 0.373 e. The van der Waals surface area contributed by atoms with Crippen molar-refractivity contribution in [2.45, 2.75) is 26.4 Å². The summed E-state index contributed by atoms with van der Waals surface area (Å²) < 4.78 is 11.0. The van der Waals surface area contributed by atoms with Gasteiger partial charge in [-0.05, 0) is 39.0 Å². The fourth-order valence-electron chi connectivity index (χ4n) is 2.50. The van der Waals surface area contributed by atoms with E-state index >= 15 is 0 Å².